The summed E-state index contributed by atoms with van der Waals surface area (Å²) in [6.07, 6.45) is 1.60. The number of thiophene rings is 1. The average molecular weight is 574 g/mol. The van der Waals surface area contributed by atoms with Crippen LogP contribution in [0.1, 0.15) is 25.6 Å². The molecule has 4 aromatic rings. The Bertz CT molecular complexity index is 1570. The maximum absolute atomic E-state index is 13.2. The van der Waals surface area contributed by atoms with Crippen LogP contribution in [0.25, 0.3) is 6.08 Å². The number of amides is 3. The molecule has 202 valence electrons. The third-order valence-corrected chi connectivity index (χ3v) is 7.14. The summed E-state index contributed by atoms with van der Waals surface area (Å²) in [5.41, 5.74) is 0.871. The molecular weight excluding hydrogens is 550 g/mol. The number of carboxylic acid groups (broad SMARTS) is 1. The van der Waals surface area contributed by atoms with Gasteiger partial charge in [0.2, 0.25) is 5.91 Å². The Morgan fingerprint density at radius 1 is 0.850 bits per heavy atom. The van der Waals surface area contributed by atoms with Crippen molar-refractivity contribution in [2.45, 2.75) is 4.90 Å². The number of phenols is 1. The van der Waals surface area contributed by atoms with Crippen molar-refractivity contribution in [1.82, 2.24) is 5.32 Å². The predicted octanol–water partition coefficient (Wildman–Crippen LogP) is 5.29. The molecule has 0 aliphatic carbocycles. The van der Waals surface area contributed by atoms with Crippen molar-refractivity contribution in [1.29, 1.82) is 0 Å². The van der Waals surface area contributed by atoms with E-state index in [2.05, 4.69) is 16.0 Å². The van der Waals surface area contributed by atoms with E-state index in [4.69, 9.17) is 5.11 Å². The van der Waals surface area contributed by atoms with Crippen LogP contribution in [0.3, 0.4) is 0 Å². The van der Waals surface area contributed by atoms with Crippen LogP contribution < -0.4 is 16.0 Å². The highest BCUT2D eigenvalue weighted by molar-refractivity contribution is 8.00. The molecule has 0 saturated heterocycles. The first-order valence-electron chi connectivity index (χ1n) is 11.8. The highest BCUT2D eigenvalue weighted by atomic mass is 32.2. The largest absolute Gasteiger partial charge is 0.507 e. The maximum atomic E-state index is 13.2. The Morgan fingerprint density at radius 2 is 1.62 bits per heavy atom. The van der Waals surface area contributed by atoms with E-state index in [0.717, 1.165) is 4.88 Å². The number of nitrogens with one attached hydrogen (secondary N) is 3. The first kappa shape index (κ1) is 28.1. The maximum Gasteiger partial charge on any atom is 0.339 e. The second kappa shape index (κ2) is 13.3. The van der Waals surface area contributed by atoms with Gasteiger partial charge in [0.05, 0.1) is 5.75 Å². The fraction of sp³-hybridized carbons (Fsp3) is 0.0345. The van der Waals surface area contributed by atoms with Crippen molar-refractivity contribution in [3.8, 4) is 5.75 Å². The van der Waals surface area contributed by atoms with Gasteiger partial charge in [-0.1, -0.05) is 30.3 Å². The molecule has 0 radical (unpaired) electrons. The Hall–Kier alpha value is -4.87. The first-order valence-corrected chi connectivity index (χ1v) is 13.7. The number of carboxylic acids is 1. The number of rotatable bonds is 10. The molecule has 40 heavy (non-hydrogen) atoms. The fourth-order valence-electron chi connectivity index (χ4n) is 3.45. The summed E-state index contributed by atoms with van der Waals surface area (Å²) in [6.45, 7) is 0. The molecule has 1 heterocycles. The fourth-order valence-corrected chi connectivity index (χ4v) is 4.86. The van der Waals surface area contributed by atoms with Crippen molar-refractivity contribution in [2.75, 3.05) is 16.4 Å². The zero-order valence-electron chi connectivity index (χ0n) is 20.8. The lowest BCUT2D eigenvalue weighted by molar-refractivity contribution is -0.114. The van der Waals surface area contributed by atoms with Crippen LogP contribution in [0.4, 0.5) is 11.4 Å². The Morgan fingerprint density at radius 3 is 2.35 bits per heavy atom. The number of hydrogen-bond acceptors (Lipinski definition) is 7. The second-order valence-corrected chi connectivity index (χ2v) is 10.3. The number of aromatic hydroxyl groups is 1. The second-order valence-electron chi connectivity index (χ2n) is 8.25. The number of carbonyl (C=O) groups is 4. The molecule has 0 aliphatic heterocycles. The number of anilines is 2. The summed E-state index contributed by atoms with van der Waals surface area (Å²) in [5, 5.41) is 28.7. The Kier molecular flexibility index (Phi) is 9.34. The smallest absolute Gasteiger partial charge is 0.339 e. The van der Waals surface area contributed by atoms with Gasteiger partial charge in [-0.25, -0.2) is 4.79 Å². The van der Waals surface area contributed by atoms with E-state index in [9.17, 15) is 24.3 Å². The van der Waals surface area contributed by atoms with Crippen LogP contribution in [-0.4, -0.2) is 39.7 Å². The van der Waals surface area contributed by atoms with Gasteiger partial charge in [-0.15, -0.1) is 23.1 Å². The Labute approximate surface area is 237 Å². The number of hydrogen-bond donors (Lipinski definition) is 5. The summed E-state index contributed by atoms with van der Waals surface area (Å²) in [4.78, 5) is 51.0. The lowest BCUT2D eigenvalue weighted by atomic mass is 10.2. The van der Waals surface area contributed by atoms with Crippen molar-refractivity contribution in [2.24, 2.45) is 0 Å². The molecule has 5 N–H and O–H groups in total. The third kappa shape index (κ3) is 7.82. The van der Waals surface area contributed by atoms with Gasteiger partial charge in [0.25, 0.3) is 11.8 Å². The van der Waals surface area contributed by atoms with E-state index in [-0.39, 0.29) is 28.6 Å². The predicted molar refractivity (Wildman–Crippen MR) is 156 cm³/mol. The molecule has 0 unspecified atom stereocenters. The van der Waals surface area contributed by atoms with Gasteiger partial charge >= 0.3 is 5.97 Å². The Balaban J connectivity index is 1.40. The van der Waals surface area contributed by atoms with Crippen molar-refractivity contribution in [3.63, 3.8) is 0 Å². The quantitative estimate of drug-likeness (QED) is 0.0984. The molecule has 0 bridgehead atoms. The van der Waals surface area contributed by atoms with Crippen LogP contribution >= 0.6 is 23.1 Å². The molecule has 9 nitrogen and oxygen atoms in total. The number of aromatic carboxylic acids is 1. The van der Waals surface area contributed by atoms with Crippen molar-refractivity contribution >= 4 is 64.2 Å². The van der Waals surface area contributed by atoms with Gasteiger partial charge < -0.3 is 26.2 Å². The minimum absolute atomic E-state index is 0.0113. The van der Waals surface area contributed by atoms with Gasteiger partial charge in [0, 0.05) is 26.7 Å². The van der Waals surface area contributed by atoms with Crippen LogP contribution in [0, 0.1) is 0 Å². The minimum atomic E-state index is -1.31. The molecule has 0 spiro atoms. The number of thioether (sulfide) groups is 1. The number of benzene rings is 3. The van der Waals surface area contributed by atoms with Gasteiger partial charge in [-0.2, -0.15) is 0 Å². The van der Waals surface area contributed by atoms with Crippen LogP contribution in [0.15, 0.2) is 101 Å². The highest BCUT2D eigenvalue weighted by Crippen LogP contribution is 2.24. The molecule has 11 heteroatoms. The highest BCUT2D eigenvalue weighted by Gasteiger charge is 2.16. The third-order valence-electron chi connectivity index (χ3n) is 5.33. The zero-order chi connectivity index (χ0) is 28.5. The lowest BCUT2D eigenvalue weighted by Crippen LogP contribution is -2.30. The molecule has 3 amide bonds. The first-order chi connectivity index (χ1) is 19.3. The average Bonchev–Trinajstić information content (AvgIpc) is 3.46. The van der Waals surface area contributed by atoms with Gasteiger partial charge in [-0.05, 0) is 66.1 Å². The van der Waals surface area contributed by atoms with Crippen LogP contribution in [-0.2, 0) is 9.59 Å². The van der Waals surface area contributed by atoms with E-state index in [1.807, 2.05) is 17.5 Å². The minimum Gasteiger partial charge on any atom is -0.507 e. The standard InChI is InChI=1S/C29H23N3O6S2/c33-25-12-11-20(15-23(25)29(37)38)30-26(34)17-40-21-9-4-8-19(14-21)31-28(36)24(16-22-10-5-13-39-22)32-27(35)18-6-2-1-3-7-18/h1-16,33H,17H2,(H,30,34)(H,31,36)(H,32,35)(H,37,38)/b24-16-. The van der Waals surface area contributed by atoms with Crippen molar-refractivity contribution < 1.29 is 29.4 Å². The molecule has 0 fully saturated rings. The summed E-state index contributed by atoms with van der Waals surface area (Å²) in [5.74, 6) is -3.01. The van der Waals surface area contributed by atoms with E-state index >= 15 is 0 Å². The molecule has 4 rings (SSSR count). The molecule has 0 saturated carbocycles. The van der Waals surface area contributed by atoms with Gasteiger partial charge in [0.15, 0.2) is 0 Å². The molecular formula is C29H23N3O6S2. The molecule has 0 aliphatic rings. The van der Waals surface area contributed by atoms with Crippen LogP contribution in [0.5, 0.6) is 5.75 Å². The SMILES string of the molecule is O=C(CSc1cccc(NC(=O)/C(=C/c2cccs2)NC(=O)c2ccccc2)c1)Nc1ccc(O)c(C(=O)O)c1. The van der Waals surface area contributed by atoms with Crippen molar-refractivity contribution in [3.05, 3.63) is 112 Å². The topological polar surface area (TPSA) is 145 Å². The number of carbonyl (C=O) groups excluding carboxylic acids is 3. The normalized spacial score (nSPS) is 10.9. The van der Waals surface area contributed by atoms with E-state index in [0.29, 0.717) is 16.1 Å². The molecule has 3 aromatic carbocycles. The van der Waals surface area contributed by atoms with Gasteiger partial charge in [-0.3, -0.25) is 14.4 Å². The van der Waals surface area contributed by atoms with Crippen LogP contribution in [0.2, 0.25) is 0 Å². The zero-order valence-corrected chi connectivity index (χ0v) is 22.4. The summed E-state index contributed by atoms with van der Waals surface area (Å²) in [6, 6.07) is 22.9. The summed E-state index contributed by atoms with van der Waals surface area (Å²) < 4.78 is 0. The monoisotopic (exact) mass is 573 g/mol. The van der Waals surface area contributed by atoms with E-state index in [1.54, 1.807) is 60.7 Å². The summed E-state index contributed by atoms with van der Waals surface area (Å²) in [7, 11) is 0. The molecule has 1 aromatic heterocycles. The van der Waals surface area contributed by atoms with Gasteiger partial charge in [0.1, 0.15) is 17.0 Å². The van der Waals surface area contributed by atoms with E-state index < -0.39 is 23.5 Å². The lowest BCUT2D eigenvalue weighted by Gasteiger charge is -2.12. The van der Waals surface area contributed by atoms with E-state index in [1.165, 1.54) is 41.3 Å². The summed E-state index contributed by atoms with van der Waals surface area (Å²) >= 11 is 2.63. The molecule has 0 atom stereocenters.